The molecule has 2 aromatic carbocycles. The van der Waals surface area contributed by atoms with Crippen molar-refractivity contribution in [2.75, 3.05) is 4.90 Å². The molecule has 2 aliphatic rings. The molecule has 4 aromatic rings. The number of hydrogen-bond donors (Lipinski definition) is 1. The minimum absolute atomic E-state index is 0.173. The molecular formula is C31H31FN4OS. The Bertz CT molecular complexity index is 1450. The van der Waals surface area contributed by atoms with E-state index < -0.39 is 0 Å². The second kappa shape index (κ2) is 10.2. The van der Waals surface area contributed by atoms with Crippen molar-refractivity contribution in [3.05, 3.63) is 107 Å². The number of ether oxygens (including phenoxy) is 1. The van der Waals surface area contributed by atoms with Crippen molar-refractivity contribution in [2.24, 2.45) is 0 Å². The molecule has 1 aliphatic heterocycles. The van der Waals surface area contributed by atoms with Crippen LogP contribution in [0.5, 0.6) is 5.75 Å². The van der Waals surface area contributed by atoms with Gasteiger partial charge in [-0.3, -0.25) is 4.98 Å². The number of para-hydroxylation sites is 1. The van der Waals surface area contributed by atoms with Crippen LogP contribution in [0.25, 0.3) is 5.69 Å². The predicted octanol–water partition coefficient (Wildman–Crippen LogP) is 7.13. The van der Waals surface area contributed by atoms with E-state index >= 15 is 0 Å². The summed E-state index contributed by atoms with van der Waals surface area (Å²) < 4.78 is 23.1. The number of thiocarbonyl (C=S) groups is 1. The van der Waals surface area contributed by atoms with Gasteiger partial charge in [-0.05, 0) is 112 Å². The monoisotopic (exact) mass is 526 g/mol. The van der Waals surface area contributed by atoms with Crippen LogP contribution in [0.15, 0.2) is 79.0 Å². The third-order valence-corrected chi connectivity index (χ3v) is 8.01. The second-order valence-electron chi connectivity index (χ2n) is 10.1. The van der Waals surface area contributed by atoms with Gasteiger partial charge in [0.25, 0.3) is 0 Å². The topological polar surface area (TPSA) is 42.3 Å². The molecule has 7 heteroatoms. The number of nitrogens with one attached hydrogen (secondary N) is 1. The number of pyridine rings is 1. The SMILES string of the molecule is Cc1cc([C@@H]2[C@@H](c3ccccn3)NC(=S)N2c2ccc(OC3CCCC3)cc2)c(C)n1-c1ccccc1F. The van der Waals surface area contributed by atoms with Crippen molar-refractivity contribution < 1.29 is 9.13 Å². The summed E-state index contributed by atoms with van der Waals surface area (Å²) in [7, 11) is 0. The Hall–Kier alpha value is -3.71. The van der Waals surface area contributed by atoms with Gasteiger partial charge < -0.3 is 19.5 Å². The van der Waals surface area contributed by atoms with E-state index in [1.54, 1.807) is 12.3 Å². The first-order valence-corrected chi connectivity index (χ1v) is 13.6. The lowest BCUT2D eigenvalue weighted by molar-refractivity contribution is 0.210. The highest BCUT2D eigenvalue weighted by atomic mass is 32.1. The molecular weight excluding hydrogens is 495 g/mol. The van der Waals surface area contributed by atoms with E-state index in [0.717, 1.165) is 46.9 Å². The van der Waals surface area contributed by atoms with Gasteiger partial charge in [0.05, 0.1) is 29.6 Å². The first kappa shape index (κ1) is 24.6. The number of anilines is 1. The molecule has 194 valence electrons. The van der Waals surface area contributed by atoms with Gasteiger partial charge in [-0.1, -0.05) is 18.2 Å². The summed E-state index contributed by atoms with van der Waals surface area (Å²) in [6, 6.07) is 22.8. The highest BCUT2D eigenvalue weighted by molar-refractivity contribution is 7.80. The molecule has 3 heterocycles. The lowest BCUT2D eigenvalue weighted by Crippen LogP contribution is -2.29. The van der Waals surface area contributed by atoms with Crippen molar-refractivity contribution in [2.45, 2.75) is 57.7 Å². The molecule has 2 aromatic heterocycles. The van der Waals surface area contributed by atoms with Crippen molar-refractivity contribution in [1.29, 1.82) is 0 Å². The van der Waals surface area contributed by atoms with E-state index in [1.807, 2.05) is 60.9 Å². The number of halogens is 1. The van der Waals surface area contributed by atoms with Gasteiger partial charge in [0.15, 0.2) is 5.11 Å². The second-order valence-corrected chi connectivity index (χ2v) is 10.5. The van der Waals surface area contributed by atoms with Crippen LogP contribution in [-0.2, 0) is 0 Å². The zero-order valence-corrected chi connectivity index (χ0v) is 22.4. The van der Waals surface area contributed by atoms with Gasteiger partial charge >= 0.3 is 0 Å². The van der Waals surface area contributed by atoms with Crippen molar-refractivity contribution in [3.63, 3.8) is 0 Å². The van der Waals surface area contributed by atoms with E-state index in [4.69, 9.17) is 17.0 Å². The standard InChI is InChI=1S/C31H31FN4OS/c1-20-19-25(21(2)35(20)28-13-6-5-11-26(28)32)30-29(27-12-7-8-18-33-27)34-31(38)36(30)22-14-16-24(17-15-22)37-23-9-3-4-10-23/h5-8,11-19,23,29-30H,3-4,9-10H2,1-2H3,(H,34,38)/t29-,30-/m1/s1. The smallest absolute Gasteiger partial charge is 0.174 e. The number of hydrogen-bond acceptors (Lipinski definition) is 3. The van der Waals surface area contributed by atoms with Gasteiger partial charge in [-0.2, -0.15) is 0 Å². The fraction of sp³-hybridized carbons (Fsp3) is 0.290. The highest BCUT2D eigenvalue weighted by Crippen LogP contribution is 2.44. The summed E-state index contributed by atoms with van der Waals surface area (Å²) in [6.45, 7) is 4.06. The summed E-state index contributed by atoms with van der Waals surface area (Å²) >= 11 is 5.91. The van der Waals surface area contributed by atoms with Crippen LogP contribution < -0.4 is 15.0 Å². The maximum atomic E-state index is 14.9. The largest absolute Gasteiger partial charge is 0.490 e. The van der Waals surface area contributed by atoms with Crippen molar-refractivity contribution >= 4 is 23.0 Å². The molecule has 6 rings (SSSR count). The van der Waals surface area contributed by atoms with E-state index in [-0.39, 0.29) is 17.9 Å². The number of nitrogens with zero attached hydrogens (tertiary/aromatic N) is 3. The van der Waals surface area contributed by atoms with Gasteiger partial charge in [-0.25, -0.2) is 4.39 Å². The molecule has 38 heavy (non-hydrogen) atoms. The first-order valence-electron chi connectivity index (χ1n) is 13.2. The summed E-state index contributed by atoms with van der Waals surface area (Å²) in [6.07, 6.45) is 6.81. The molecule has 0 spiro atoms. The Balaban J connectivity index is 1.42. The fourth-order valence-electron chi connectivity index (χ4n) is 5.92. The first-order chi connectivity index (χ1) is 18.5. The zero-order chi connectivity index (χ0) is 26.2. The lowest BCUT2D eigenvalue weighted by atomic mass is 9.96. The Morgan fingerprint density at radius 3 is 2.42 bits per heavy atom. The molecule has 0 unspecified atom stereocenters. The normalized spacial score (nSPS) is 19.7. The van der Waals surface area contributed by atoms with Crippen LogP contribution in [0.1, 0.15) is 60.4 Å². The summed E-state index contributed by atoms with van der Waals surface area (Å²) in [4.78, 5) is 6.82. The average Bonchev–Trinajstić information content (AvgIpc) is 3.63. The molecule has 5 nitrogen and oxygen atoms in total. The fourth-order valence-corrected chi connectivity index (χ4v) is 6.27. The van der Waals surface area contributed by atoms with E-state index in [9.17, 15) is 4.39 Å². The van der Waals surface area contributed by atoms with Crippen molar-refractivity contribution in [1.82, 2.24) is 14.9 Å². The lowest BCUT2D eigenvalue weighted by Gasteiger charge is -2.28. The van der Waals surface area contributed by atoms with E-state index in [1.165, 1.54) is 18.9 Å². The predicted molar refractivity (Wildman–Crippen MR) is 152 cm³/mol. The third kappa shape index (κ3) is 4.45. The molecule has 1 saturated carbocycles. The Morgan fingerprint density at radius 2 is 1.71 bits per heavy atom. The summed E-state index contributed by atoms with van der Waals surface area (Å²) in [5.41, 5.74) is 5.41. The van der Waals surface area contributed by atoms with Gasteiger partial charge in [0.1, 0.15) is 11.6 Å². The molecule has 1 aliphatic carbocycles. The molecule has 0 radical (unpaired) electrons. The Morgan fingerprint density at radius 1 is 0.974 bits per heavy atom. The van der Waals surface area contributed by atoms with Gasteiger partial charge in [0, 0.05) is 23.3 Å². The van der Waals surface area contributed by atoms with E-state index in [2.05, 4.69) is 33.4 Å². The molecule has 2 fully saturated rings. The van der Waals surface area contributed by atoms with Crippen LogP contribution in [0.3, 0.4) is 0 Å². The Kier molecular flexibility index (Phi) is 6.62. The highest BCUT2D eigenvalue weighted by Gasteiger charge is 2.42. The number of aryl methyl sites for hydroxylation is 1. The molecule has 1 N–H and O–H groups in total. The third-order valence-electron chi connectivity index (χ3n) is 7.70. The molecule has 2 atom stereocenters. The number of aromatic nitrogens is 2. The van der Waals surface area contributed by atoms with Crippen molar-refractivity contribution in [3.8, 4) is 11.4 Å². The van der Waals surface area contributed by atoms with Gasteiger partial charge in [0.2, 0.25) is 0 Å². The van der Waals surface area contributed by atoms with Crippen LogP contribution >= 0.6 is 12.2 Å². The Labute approximate surface area is 228 Å². The van der Waals surface area contributed by atoms with Crippen LogP contribution in [0, 0.1) is 19.7 Å². The summed E-state index contributed by atoms with van der Waals surface area (Å²) in [5.74, 6) is 0.631. The minimum Gasteiger partial charge on any atom is -0.490 e. The van der Waals surface area contributed by atoms with Crippen LogP contribution in [0.2, 0.25) is 0 Å². The number of rotatable bonds is 6. The summed E-state index contributed by atoms with van der Waals surface area (Å²) in [5, 5.41) is 4.16. The maximum Gasteiger partial charge on any atom is 0.174 e. The van der Waals surface area contributed by atoms with Crippen LogP contribution in [-0.4, -0.2) is 20.8 Å². The molecule has 0 bridgehead atoms. The van der Waals surface area contributed by atoms with Crippen LogP contribution in [0.4, 0.5) is 10.1 Å². The van der Waals surface area contributed by atoms with E-state index in [0.29, 0.717) is 16.9 Å². The number of benzene rings is 2. The quantitative estimate of drug-likeness (QED) is 0.271. The average molecular weight is 527 g/mol. The maximum absolute atomic E-state index is 14.9. The molecule has 0 amide bonds. The zero-order valence-electron chi connectivity index (χ0n) is 21.6. The van der Waals surface area contributed by atoms with Gasteiger partial charge in [-0.15, -0.1) is 0 Å². The minimum atomic E-state index is -0.253. The molecule has 1 saturated heterocycles.